The number of hydrogen-bond acceptors (Lipinski definition) is 8. The monoisotopic (exact) mass is 375 g/mol. The topological polar surface area (TPSA) is 127 Å². The van der Waals surface area contributed by atoms with E-state index in [1.54, 1.807) is 36.2 Å². The van der Waals surface area contributed by atoms with E-state index in [-0.39, 0.29) is 20.5 Å². The molecule has 1 fully saturated rings. The van der Waals surface area contributed by atoms with Crippen molar-refractivity contribution >= 4 is 29.5 Å². The van der Waals surface area contributed by atoms with E-state index in [0.29, 0.717) is 44.4 Å². The Balaban J connectivity index is 0.00000210. The summed E-state index contributed by atoms with van der Waals surface area (Å²) in [5.41, 5.74) is 5.86. The predicted molar refractivity (Wildman–Crippen MR) is 104 cm³/mol. The Labute approximate surface area is 159 Å². The normalized spacial score (nSPS) is 14.0. The molecule has 1 aliphatic rings. The number of nitrogens with zero attached hydrogens (tertiary/aromatic N) is 5. The van der Waals surface area contributed by atoms with Crippen LogP contribution in [0.4, 0.5) is 22.2 Å². The van der Waals surface area contributed by atoms with E-state index in [1.165, 1.54) is 6.20 Å². The van der Waals surface area contributed by atoms with Gasteiger partial charge in [0.15, 0.2) is 11.5 Å². The maximum Gasteiger partial charge on any atom is 0.409 e. The maximum absolute atomic E-state index is 12.5. The van der Waals surface area contributed by atoms with E-state index in [2.05, 4.69) is 20.3 Å². The Morgan fingerprint density at radius 2 is 2.04 bits per heavy atom. The SMILES string of the molecule is CCOC(=O)N1CCN(c2cnc(N)c(C(=O)Nc3ccccn3)n2)CC1.[HH].[HH]. The lowest BCUT2D eigenvalue weighted by atomic mass is 10.3. The van der Waals surface area contributed by atoms with E-state index >= 15 is 0 Å². The number of aromatic nitrogens is 3. The molecule has 2 aromatic rings. The summed E-state index contributed by atoms with van der Waals surface area (Å²) in [6.07, 6.45) is 2.77. The summed E-state index contributed by atoms with van der Waals surface area (Å²) in [7, 11) is 0. The number of anilines is 3. The second-order valence-electron chi connectivity index (χ2n) is 5.80. The summed E-state index contributed by atoms with van der Waals surface area (Å²) in [6.45, 7) is 4.23. The van der Waals surface area contributed by atoms with E-state index in [0.717, 1.165) is 0 Å². The van der Waals surface area contributed by atoms with Crippen LogP contribution in [0.2, 0.25) is 0 Å². The number of pyridine rings is 1. The van der Waals surface area contributed by atoms with Crippen LogP contribution in [0.1, 0.15) is 20.3 Å². The highest BCUT2D eigenvalue weighted by atomic mass is 16.6. The summed E-state index contributed by atoms with van der Waals surface area (Å²) < 4.78 is 5.01. The molecule has 1 saturated heterocycles. The summed E-state index contributed by atoms with van der Waals surface area (Å²) in [5.74, 6) is 0.485. The van der Waals surface area contributed by atoms with Gasteiger partial charge in [-0.05, 0) is 19.1 Å². The molecule has 0 saturated carbocycles. The largest absolute Gasteiger partial charge is 0.450 e. The van der Waals surface area contributed by atoms with Crippen LogP contribution in [-0.4, -0.2) is 64.6 Å². The first-order valence-corrected chi connectivity index (χ1v) is 8.60. The fraction of sp³-hybridized carbons (Fsp3) is 0.353. The fourth-order valence-corrected chi connectivity index (χ4v) is 2.65. The summed E-state index contributed by atoms with van der Waals surface area (Å²) >= 11 is 0. The molecule has 0 atom stereocenters. The number of ether oxygens (including phenoxy) is 1. The summed E-state index contributed by atoms with van der Waals surface area (Å²) in [6, 6.07) is 5.18. The number of rotatable bonds is 4. The Bertz CT molecular complexity index is 818. The highest BCUT2D eigenvalue weighted by Gasteiger charge is 2.24. The highest BCUT2D eigenvalue weighted by molar-refractivity contribution is 6.05. The molecule has 0 unspecified atom stereocenters. The van der Waals surface area contributed by atoms with Crippen LogP contribution in [0.5, 0.6) is 0 Å². The number of nitrogen functional groups attached to an aromatic ring is 1. The summed E-state index contributed by atoms with van der Waals surface area (Å²) in [5, 5.41) is 2.64. The molecule has 0 aliphatic carbocycles. The van der Waals surface area contributed by atoms with Gasteiger partial charge in [-0.1, -0.05) is 6.07 Å². The van der Waals surface area contributed by atoms with Crippen LogP contribution in [-0.2, 0) is 4.74 Å². The molecule has 2 amide bonds. The molecule has 3 heterocycles. The number of nitrogens with one attached hydrogen (secondary N) is 1. The van der Waals surface area contributed by atoms with Gasteiger partial charge in [-0.25, -0.2) is 19.7 Å². The van der Waals surface area contributed by atoms with Crippen LogP contribution >= 0.6 is 0 Å². The zero-order valence-corrected chi connectivity index (χ0v) is 15.0. The van der Waals surface area contributed by atoms with Crippen LogP contribution in [0.3, 0.4) is 0 Å². The molecule has 0 aromatic carbocycles. The van der Waals surface area contributed by atoms with Gasteiger partial charge in [0.05, 0.1) is 12.8 Å². The molecule has 0 radical (unpaired) electrons. The molecule has 10 nitrogen and oxygen atoms in total. The number of piperazine rings is 1. The van der Waals surface area contributed by atoms with E-state index in [9.17, 15) is 9.59 Å². The van der Waals surface area contributed by atoms with Crippen LogP contribution in [0.15, 0.2) is 30.6 Å². The van der Waals surface area contributed by atoms with Gasteiger partial charge in [-0.15, -0.1) is 0 Å². The Morgan fingerprint density at radius 3 is 2.70 bits per heavy atom. The second kappa shape index (κ2) is 8.30. The van der Waals surface area contributed by atoms with Crippen LogP contribution < -0.4 is 16.0 Å². The molecule has 10 heteroatoms. The molecule has 146 valence electrons. The molecule has 1 aliphatic heterocycles. The molecule has 3 rings (SSSR count). The van der Waals surface area contributed by atoms with Crippen molar-refractivity contribution in [2.24, 2.45) is 0 Å². The minimum atomic E-state index is -0.481. The number of amides is 2. The van der Waals surface area contributed by atoms with Crippen molar-refractivity contribution in [3.63, 3.8) is 0 Å². The third-order valence-corrected chi connectivity index (χ3v) is 4.04. The quantitative estimate of drug-likeness (QED) is 0.823. The summed E-state index contributed by atoms with van der Waals surface area (Å²) in [4.78, 5) is 40.3. The zero-order chi connectivity index (χ0) is 19.2. The third kappa shape index (κ3) is 4.40. The van der Waals surface area contributed by atoms with Crippen molar-refractivity contribution in [2.75, 3.05) is 48.7 Å². The first-order valence-electron chi connectivity index (χ1n) is 8.60. The first kappa shape index (κ1) is 18.4. The highest BCUT2D eigenvalue weighted by Crippen LogP contribution is 2.17. The minimum absolute atomic E-state index is 0. The molecule has 3 N–H and O–H groups in total. The zero-order valence-electron chi connectivity index (χ0n) is 15.0. The van der Waals surface area contributed by atoms with Gasteiger partial charge in [0, 0.05) is 35.2 Å². The number of carbonyl (C=O) groups is 2. The Kier molecular flexibility index (Phi) is 5.64. The molecular formula is C17H25N7O3. The smallest absolute Gasteiger partial charge is 0.409 e. The Hall–Kier alpha value is -3.43. The van der Waals surface area contributed by atoms with Crippen molar-refractivity contribution in [2.45, 2.75) is 6.92 Å². The third-order valence-electron chi connectivity index (χ3n) is 4.04. The van der Waals surface area contributed by atoms with Gasteiger partial charge in [-0.3, -0.25) is 4.79 Å². The number of nitrogens with two attached hydrogens (primary N) is 1. The fourth-order valence-electron chi connectivity index (χ4n) is 2.65. The standard InChI is InChI=1S/C17H21N7O3.2H2/c1-2-27-17(26)24-9-7-23(8-10-24)13-11-20-15(18)14(22-13)16(25)21-12-5-3-4-6-19-12;;/h3-6,11H,2,7-10H2,1H3,(H2,18,20)(H,19,21,25);2*1H. The van der Waals surface area contributed by atoms with Crippen molar-refractivity contribution in [1.29, 1.82) is 0 Å². The molecular weight excluding hydrogens is 350 g/mol. The van der Waals surface area contributed by atoms with Gasteiger partial charge in [0.25, 0.3) is 5.91 Å². The average molecular weight is 375 g/mol. The van der Waals surface area contributed by atoms with Crippen molar-refractivity contribution in [1.82, 2.24) is 19.9 Å². The molecule has 2 aromatic heterocycles. The van der Waals surface area contributed by atoms with Gasteiger partial charge in [0.1, 0.15) is 11.6 Å². The lowest BCUT2D eigenvalue weighted by molar-refractivity contribution is 0.102. The van der Waals surface area contributed by atoms with Crippen LogP contribution in [0.25, 0.3) is 0 Å². The van der Waals surface area contributed by atoms with E-state index in [4.69, 9.17) is 10.5 Å². The van der Waals surface area contributed by atoms with Gasteiger partial charge in [-0.2, -0.15) is 0 Å². The molecule has 0 spiro atoms. The van der Waals surface area contributed by atoms with Gasteiger partial charge < -0.3 is 25.6 Å². The van der Waals surface area contributed by atoms with E-state index in [1.807, 2.05) is 4.90 Å². The number of carbonyl (C=O) groups excluding carboxylic acids is 2. The molecule has 0 bridgehead atoms. The lowest BCUT2D eigenvalue weighted by Gasteiger charge is -2.34. The second-order valence-corrected chi connectivity index (χ2v) is 5.80. The average Bonchev–Trinajstić information content (AvgIpc) is 2.69. The van der Waals surface area contributed by atoms with Gasteiger partial charge >= 0.3 is 6.09 Å². The number of hydrogen-bond donors (Lipinski definition) is 2. The van der Waals surface area contributed by atoms with Crippen molar-refractivity contribution in [3.05, 3.63) is 36.3 Å². The van der Waals surface area contributed by atoms with Gasteiger partial charge in [0.2, 0.25) is 0 Å². The minimum Gasteiger partial charge on any atom is -0.450 e. The van der Waals surface area contributed by atoms with Crippen molar-refractivity contribution < 1.29 is 17.2 Å². The maximum atomic E-state index is 12.5. The predicted octanol–water partition coefficient (Wildman–Crippen LogP) is 1.48. The molecule has 27 heavy (non-hydrogen) atoms. The van der Waals surface area contributed by atoms with E-state index < -0.39 is 5.91 Å². The Morgan fingerprint density at radius 1 is 1.26 bits per heavy atom. The first-order chi connectivity index (χ1) is 13.1. The lowest BCUT2D eigenvalue weighted by Crippen LogP contribution is -2.49. The van der Waals surface area contributed by atoms with Crippen molar-refractivity contribution in [3.8, 4) is 0 Å². The van der Waals surface area contributed by atoms with Crippen LogP contribution in [0, 0.1) is 0 Å².